The van der Waals surface area contributed by atoms with Gasteiger partial charge in [-0.15, -0.1) is 0 Å². The van der Waals surface area contributed by atoms with E-state index in [2.05, 4.69) is 24.5 Å². The van der Waals surface area contributed by atoms with Gasteiger partial charge in [-0.05, 0) is 32.1 Å². The van der Waals surface area contributed by atoms with Gasteiger partial charge in [0.15, 0.2) is 0 Å². The molecule has 5 heteroatoms. The maximum absolute atomic E-state index is 12.4. The number of nitrogens with one attached hydrogen (secondary N) is 2. The van der Waals surface area contributed by atoms with E-state index >= 15 is 0 Å². The molecule has 0 aromatic carbocycles. The Balaban J connectivity index is 3.71. The van der Waals surface area contributed by atoms with Crippen LogP contribution >= 0.6 is 0 Å². The topological polar surface area (TPSA) is 78.4 Å². The summed E-state index contributed by atoms with van der Waals surface area (Å²) in [5.74, 6) is -0.505. The number of unbranched alkanes of at least 4 members (excludes halogenated alkanes) is 12. The van der Waals surface area contributed by atoms with Gasteiger partial charge in [0, 0.05) is 18.5 Å². The first-order valence-electron chi connectivity index (χ1n) is 13.7. The predicted molar refractivity (Wildman–Crippen MR) is 136 cm³/mol. The highest BCUT2D eigenvalue weighted by atomic mass is 16.4. The van der Waals surface area contributed by atoms with Crippen LogP contribution in [-0.2, 0) is 9.59 Å². The van der Waals surface area contributed by atoms with Crippen molar-refractivity contribution in [2.45, 2.75) is 149 Å². The van der Waals surface area contributed by atoms with E-state index in [1.807, 2.05) is 13.8 Å². The van der Waals surface area contributed by atoms with Crippen LogP contribution in [-0.4, -0.2) is 35.6 Å². The van der Waals surface area contributed by atoms with Gasteiger partial charge in [-0.1, -0.05) is 105 Å². The zero-order valence-corrected chi connectivity index (χ0v) is 21.7. The molecular formula is C27H54N2O3. The Morgan fingerprint density at radius 2 is 1.22 bits per heavy atom. The predicted octanol–water partition coefficient (Wildman–Crippen LogP) is 6.84. The van der Waals surface area contributed by atoms with Crippen LogP contribution in [0.15, 0.2) is 0 Å². The van der Waals surface area contributed by atoms with E-state index in [-0.39, 0.29) is 17.9 Å². The number of hydrogen-bond acceptors (Lipinski definition) is 3. The van der Waals surface area contributed by atoms with Gasteiger partial charge in [0.2, 0.25) is 5.91 Å². The van der Waals surface area contributed by atoms with Crippen LogP contribution < -0.4 is 10.6 Å². The molecular weight excluding hydrogens is 400 g/mol. The van der Waals surface area contributed by atoms with Crippen molar-refractivity contribution >= 4 is 11.9 Å². The van der Waals surface area contributed by atoms with Crippen molar-refractivity contribution in [1.29, 1.82) is 0 Å². The smallest absolute Gasteiger partial charge is 0.320 e. The normalized spacial score (nSPS) is 13.3. The average molecular weight is 455 g/mol. The van der Waals surface area contributed by atoms with E-state index in [1.54, 1.807) is 0 Å². The molecule has 0 aliphatic rings. The lowest BCUT2D eigenvalue weighted by atomic mass is 9.96. The highest BCUT2D eigenvalue weighted by Crippen LogP contribution is 2.16. The van der Waals surface area contributed by atoms with E-state index in [0.717, 1.165) is 32.1 Å². The fourth-order valence-corrected chi connectivity index (χ4v) is 4.26. The Morgan fingerprint density at radius 3 is 1.69 bits per heavy atom. The SMILES string of the molecule is CCCCCCCCCCCCCCC(CC)C(=O)NCCCCC(NC(C)C)C(=O)O. The van der Waals surface area contributed by atoms with Crippen molar-refractivity contribution in [3.8, 4) is 0 Å². The summed E-state index contributed by atoms with van der Waals surface area (Å²) in [6.07, 6.45) is 20.2. The van der Waals surface area contributed by atoms with Crippen LogP contribution in [0.2, 0.25) is 0 Å². The van der Waals surface area contributed by atoms with Crippen LogP contribution in [0.3, 0.4) is 0 Å². The maximum Gasteiger partial charge on any atom is 0.320 e. The minimum atomic E-state index is -0.795. The van der Waals surface area contributed by atoms with Crippen LogP contribution in [0.4, 0.5) is 0 Å². The zero-order chi connectivity index (χ0) is 24.0. The van der Waals surface area contributed by atoms with E-state index in [1.165, 1.54) is 70.6 Å². The molecule has 0 radical (unpaired) electrons. The number of amides is 1. The van der Waals surface area contributed by atoms with Crippen LogP contribution in [0, 0.1) is 5.92 Å². The summed E-state index contributed by atoms with van der Waals surface area (Å²) in [6.45, 7) is 8.92. The minimum Gasteiger partial charge on any atom is -0.480 e. The second-order valence-electron chi connectivity index (χ2n) is 9.78. The summed E-state index contributed by atoms with van der Waals surface area (Å²) >= 11 is 0. The zero-order valence-electron chi connectivity index (χ0n) is 21.7. The number of carboxylic acids is 1. The van der Waals surface area contributed by atoms with Crippen molar-refractivity contribution in [3.05, 3.63) is 0 Å². The molecule has 0 spiro atoms. The maximum atomic E-state index is 12.4. The second kappa shape index (κ2) is 21.7. The van der Waals surface area contributed by atoms with Crippen LogP contribution in [0.5, 0.6) is 0 Å². The fraction of sp³-hybridized carbons (Fsp3) is 0.926. The van der Waals surface area contributed by atoms with Crippen molar-refractivity contribution < 1.29 is 14.7 Å². The summed E-state index contributed by atoms with van der Waals surface area (Å²) in [6, 6.07) is -0.346. The molecule has 0 aliphatic carbocycles. The first-order chi connectivity index (χ1) is 15.4. The van der Waals surface area contributed by atoms with Crippen LogP contribution in [0.25, 0.3) is 0 Å². The molecule has 1 amide bonds. The minimum absolute atomic E-state index is 0.118. The Labute approximate surface area is 198 Å². The Morgan fingerprint density at radius 1 is 0.719 bits per heavy atom. The molecule has 0 saturated heterocycles. The van der Waals surface area contributed by atoms with Crippen molar-refractivity contribution in [3.63, 3.8) is 0 Å². The third kappa shape index (κ3) is 18.5. The third-order valence-electron chi connectivity index (χ3n) is 6.32. The summed E-state index contributed by atoms with van der Waals surface area (Å²) < 4.78 is 0. The van der Waals surface area contributed by atoms with Gasteiger partial charge < -0.3 is 15.7 Å². The Hall–Kier alpha value is -1.10. The molecule has 2 atom stereocenters. The number of aliphatic carboxylic acids is 1. The van der Waals surface area contributed by atoms with Crippen molar-refractivity contribution in [2.75, 3.05) is 6.54 Å². The summed E-state index contributed by atoms with van der Waals surface area (Å²) in [5.41, 5.74) is 0. The first-order valence-corrected chi connectivity index (χ1v) is 13.7. The Kier molecular flexibility index (Phi) is 21.0. The van der Waals surface area contributed by atoms with Crippen molar-refractivity contribution in [1.82, 2.24) is 10.6 Å². The van der Waals surface area contributed by atoms with Gasteiger partial charge in [-0.25, -0.2) is 0 Å². The molecule has 32 heavy (non-hydrogen) atoms. The number of hydrogen-bond donors (Lipinski definition) is 3. The summed E-state index contributed by atoms with van der Waals surface area (Å²) in [7, 11) is 0. The highest BCUT2D eigenvalue weighted by Gasteiger charge is 2.18. The Bertz CT molecular complexity index is 454. The number of carbonyl (C=O) groups is 2. The lowest BCUT2D eigenvalue weighted by molar-refractivity contribution is -0.140. The standard InChI is InChI=1S/C27H54N2O3/c1-5-7-8-9-10-11-12-13-14-15-16-17-20-24(6-2)26(30)28-22-19-18-21-25(27(31)32)29-23(3)4/h23-25,29H,5-22H2,1-4H3,(H,28,30)(H,31,32). The first kappa shape index (κ1) is 30.9. The molecule has 0 fully saturated rings. The largest absolute Gasteiger partial charge is 0.480 e. The molecule has 0 saturated carbocycles. The molecule has 5 nitrogen and oxygen atoms in total. The summed E-state index contributed by atoms with van der Waals surface area (Å²) in [5, 5.41) is 15.4. The molecule has 190 valence electrons. The molecule has 0 aromatic rings. The molecule has 0 aromatic heterocycles. The number of carboxylic acid groups (broad SMARTS) is 1. The molecule has 0 aliphatic heterocycles. The van der Waals surface area contributed by atoms with Crippen molar-refractivity contribution in [2.24, 2.45) is 5.92 Å². The lowest BCUT2D eigenvalue weighted by Gasteiger charge is -2.17. The van der Waals surface area contributed by atoms with E-state index in [0.29, 0.717) is 13.0 Å². The number of carbonyl (C=O) groups excluding carboxylic acids is 1. The van der Waals surface area contributed by atoms with Gasteiger partial charge in [0.1, 0.15) is 6.04 Å². The van der Waals surface area contributed by atoms with Gasteiger partial charge in [-0.3, -0.25) is 9.59 Å². The fourth-order valence-electron chi connectivity index (χ4n) is 4.26. The molecule has 0 bridgehead atoms. The van der Waals surface area contributed by atoms with Crippen LogP contribution in [0.1, 0.15) is 137 Å². The molecule has 0 heterocycles. The molecule has 2 unspecified atom stereocenters. The quantitative estimate of drug-likeness (QED) is 0.148. The molecule has 0 rings (SSSR count). The third-order valence-corrected chi connectivity index (χ3v) is 6.32. The van der Waals surface area contributed by atoms with Gasteiger partial charge in [-0.2, -0.15) is 0 Å². The van der Waals surface area contributed by atoms with Gasteiger partial charge in [0.25, 0.3) is 0 Å². The van der Waals surface area contributed by atoms with E-state index in [4.69, 9.17) is 0 Å². The number of rotatable bonds is 23. The van der Waals surface area contributed by atoms with Gasteiger partial charge >= 0.3 is 5.97 Å². The molecule has 3 N–H and O–H groups in total. The lowest BCUT2D eigenvalue weighted by Crippen LogP contribution is -2.40. The second-order valence-corrected chi connectivity index (χ2v) is 9.78. The van der Waals surface area contributed by atoms with E-state index in [9.17, 15) is 14.7 Å². The summed E-state index contributed by atoms with van der Waals surface area (Å²) in [4.78, 5) is 23.7. The van der Waals surface area contributed by atoms with E-state index < -0.39 is 12.0 Å². The van der Waals surface area contributed by atoms with Gasteiger partial charge in [0.05, 0.1) is 0 Å². The average Bonchev–Trinajstić information content (AvgIpc) is 2.75. The highest BCUT2D eigenvalue weighted by molar-refractivity contribution is 5.78. The monoisotopic (exact) mass is 454 g/mol.